The maximum absolute atomic E-state index is 13.1. The molecule has 0 unspecified atom stereocenters. The third-order valence-corrected chi connectivity index (χ3v) is 5.87. The fourth-order valence-corrected chi connectivity index (χ4v) is 4.49. The predicted molar refractivity (Wildman–Crippen MR) is 101 cm³/mol. The van der Waals surface area contributed by atoms with Crippen LogP contribution in [0.4, 0.5) is 0 Å². The molecule has 0 bridgehead atoms. The third kappa shape index (κ3) is 3.66. The van der Waals surface area contributed by atoms with Crippen molar-refractivity contribution in [2.45, 2.75) is 39.2 Å². The standard InChI is InChI=1S/C20H25NO3S/c1-4-21(12-14-9-10-17(23-2)18(11-14)24-3)20(22)16-13-25-19-8-6-5-7-15(16)19/h9-11,13H,4-8,12H2,1-3H3. The second-order valence-corrected chi connectivity index (χ2v) is 7.23. The first kappa shape index (κ1) is 17.8. The van der Waals surface area contributed by atoms with E-state index >= 15 is 0 Å². The van der Waals surface area contributed by atoms with E-state index in [9.17, 15) is 4.79 Å². The molecular formula is C20H25NO3S. The van der Waals surface area contributed by atoms with Crippen molar-refractivity contribution >= 4 is 17.2 Å². The van der Waals surface area contributed by atoms with E-state index in [1.54, 1.807) is 25.6 Å². The fraction of sp³-hybridized carbons (Fsp3) is 0.450. The summed E-state index contributed by atoms with van der Waals surface area (Å²) in [4.78, 5) is 16.4. The van der Waals surface area contributed by atoms with E-state index in [4.69, 9.17) is 9.47 Å². The van der Waals surface area contributed by atoms with Crippen LogP contribution in [0.5, 0.6) is 11.5 Å². The van der Waals surface area contributed by atoms with Gasteiger partial charge in [0.2, 0.25) is 0 Å². The van der Waals surface area contributed by atoms with E-state index in [2.05, 4.69) is 5.38 Å². The molecule has 2 aromatic rings. The molecule has 0 N–H and O–H groups in total. The Balaban J connectivity index is 1.81. The van der Waals surface area contributed by atoms with Gasteiger partial charge in [-0.1, -0.05) is 6.07 Å². The largest absolute Gasteiger partial charge is 0.493 e. The molecule has 3 rings (SSSR count). The van der Waals surface area contributed by atoms with Gasteiger partial charge in [-0.2, -0.15) is 0 Å². The molecule has 25 heavy (non-hydrogen) atoms. The molecule has 0 aliphatic heterocycles. The van der Waals surface area contributed by atoms with Crippen LogP contribution in [0.2, 0.25) is 0 Å². The van der Waals surface area contributed by atoms with Gasteiger partial charge in [0.25, 0.3) is 5.91 Å². The summed E-state index contributed by atoms with van der Waals surface area (Å²) in [6.07, 6.45) is 4.58. The number of carbonyl (C=O) groups excluding carboxylic acids is 1. The number of aryl methyl sites for hydroxylation is 1. The molecule has 0 saturated heterocycles. The lowest BCUT2D eigenvalue weighted by molar-refractivity contribution is 0.0751. The molecule has 0 saturated carbocycles. The van der Waals surface area contributed by atoms with Gasteiger partial charge in [0, 0.05) is 23.3 Å². The number of ether oxygens (including phenoxy) is 2. The Labute approximate surface area is 153 Å². The van der Waals surface area contributed by atoms with E-state index in [0.29, 0.717) is 24.6 Å². The van der Waals surface area contributed by atoms with E-state index < -0.39 is 0 Å². The summed E-state index contributed by atoms with van der Waals surface area (Å²) in [7, 11) is 3.25. The summed E-state index contributed by atoms with van der Waals surface area (Å²) < 4.78 is 10.7. The van der Waals surface area contributed by atoms with E-state index in [1.165, 1.54) is 23.3 Å². The van der Waals surface area contributed by atoms with Crippen LogP contribution in [0, 0.1) is 0 Å². The summed E-state index contributed by atoms with van der Waals surface area (Å²) >= 11 is 1.74. The van der Waals surface area contributed by atoms with E-state index in [0.717, 1.165) is 24.0 Å². The van der Waals surface area contributed by atoms with Gasteiger partial charge in [0.1, 0.15) is 0 Å². The van der Waals surface area contributed by atoms with Gasteiger partial charge in [-0.3, -0.25) is 4.79 Å². The summed E-state index contributed by atoms with van der Waals surface area (Å²) in [5.41, 5.74) is 3.23. The maximum atomic E-state index is 13.1. The smallest absolute Gasteiger partial charge is 0.255 e. The van der Waals surface area contributed by atoms with Gasteiger partial charge in [0.15, 0.2) is 11.5 Å². The molecule has 134 valence electrons. The third-order valence-electron chi connectivity index (χ3n) is 4.78. The Bertz CT molecular complexity index is 753. The number of fused-ring (bicyclic) bond motifs is 1. The van der Waals surface area contributed by atoms with Crippen LogP contribution in [0.1, 0.15) is 46.1 Å². The van der Waals surface area contributed by atoms with Crippen molar-refractivity contribution in [2.24, 2.45) is 0 Å². The lowest BCUT2D eigenvalue weighted by atomic mass is 9.95. The van der Waals surface area contributed by atoms with Crippen LogP contribution >= 0.6 is 11.3 Å². The average Bonchev–Trinajstić information content (AvgIpc) is 3.09. The monoisotopic (exact) mass is 359 g/mol. The van der Waals surface area contributed by atoms with Gasteiger partial charge in [0.05, 0.1) is 19.8 Å². The number of benzene rings is 1. The highest BCUT2D eigenvalue weighted by atomic mass is 32.1. The topological polar surface area (TPSA) is 38.8 Å². The maximum Gasteiger partial charge on any atom is 0.255 e. The fourth-order valence-electron chi connectivity index (χ4n) is 3.37. The number of hydrogen-bond acceptors (Lipinski definition) is 4. The molecule has 0 spiro atoms. The van der Waals surface area contributed by atoms with Crippen LogP contribution in [0.25, 0.3) is 0 Å². The van der Waals surface area contributed by atoms with Crippen molar-refractivity contribution in [3.8, 4) is 11.5 Å². The molecule has 1 amide bonds. The second kappa shape index (κ2) is 7.91. The van der Waals surface area contributed by atoms with Crippen LogP contribution in [0.3, 0.4) is 0 Å². The molecule has 0 radical (unpaired) electrons. The molecule has 5 heteroatoms. The molecule has 1 aliphatic carbocycles. The SMILES string of the molecule is CCN(Cc1ccc(OC)c(OC)c1)C(=O)c1csc2c1CCCC2. The van der Waals surface area contributed by atoms with E-state index in [-0.39, 0.29) is 5.91 Å². The van der Waals surface area contributed by atoms with Crippen LogP contribution in [-0.2, 0) is 19.4 Å². The van der Waals surface area contributed by atoms with Gasteiger partial charge < -0.3 is 14.4 Å². The highest BCUT2D eigenvalue weighted by Gasteiger charge is 2.23. The first-order chi connectivity index (χ1) is 12.2. The summed E-state index contributed by atoms with van der Waals surface area (Å²) in [5, 5.41) is 2.05. The van der Waals surface area contributed by atoms with Crippen molar-refractivity contribution < 1.29 is 14.3 Å². The predicted octanol–water partition coefficient (Wildman–Crippen LogP) is 4.31. The molecule has 1 aromatic heterocycles. The minimum Gasteiger partial charge on any atom is -0.493 e. The number of rotatable bonds is 6. The van der Waals surface area contributed by atoms with Crippen LogP contribution in [-0.4, -0.2) is 31.6 Å². The number of carbonyl (C=O) groups is 1. The molecule has 0 fully saturated rings. The summed E-state index contributed by atoms with van der Waals surface area (Å²) in [5.74, 6) is 1.53. The highest BCUT2D eigenvalue weighted by Crippen LogP contribution is 2.32. The van der Waals surface area contributed by atoms with Crippen molar-refractivity contribution in [1.82, 2.24) is 4.90 Å². The van der Waals surface area contributed by atoms with Crippen molar-refractivity contribution in [1.29, 1.82) is 0 Å². The zero-order valence-corrected chi connectivity index (χ0v) is 15.9. The summed E-state index contributed by atoms with van der Waals surface area (Å²) in [6, 6.07) is 5.82. The van der Waals surface area contributed by atoms with Crippen LogP contribution in [0.15, 0.2) is 23.6 Å². The van der Waals surface area contributed by atoms with Crippen molar-refractivity contribution in [3.05, 3.63) is 45.1 Å². The lowest BCUT2D eigenvalue weighted by Gasteiger charge is -2.22. The van der Waals surface area contributed by atoms with Gasteiger partial charge in [-0.15, -0.1) is 11.3 Å². The van der Waals surface area contributed by atoms with E-state index in [1.807, 2.05) is 30.0 Å². The Morgan fingerprint density at radius 2 is 1.92 bits per heavy atom. The van der Waals surface area contributed by atoms with Crippen LogP contribution < -0.4 is 9.47 Å². The van der Waals surface area contributed by atoms with Crippen molar-refractivity contribution in [2.75, 3.05) is 20.8 Å². The first-order valence-electron chi connectivity index (χ1n) is 8.77. The van der Waals surface area contributed by atoms with Gasteiger partial charge in [-0.05, 0) is 55.9 Å². The molecule has 1 aromatic carbocycles. The molecule has 1 aliphatic rings. The highest BCUT2D eigenvalue weighted by molar-refractivity contribution is 7.10. The number of amides is 1. The Hall–Kier alpha value is -2.01. The Morgan fingerprint density at radius 3 is 2.64 bits per heavy atom. The molecular weight excluding hydrogens is 334 g/mol. The van der Waals surface area contributed by atoms with Gasteiger partial charge >= 0.3 is 0 Å². The minimum absolute atomic E-state index is 0.136. The van der Waals surface area contributed by atoms with Crippen molar-refractivity contribution in [3.63, 3.8) is 0 Å². The number of hydrogen-bond donors (Lipinski definition) is 0. The second-order valence-electron chi connectivity index (χ2n) is 6.27. The van der Waals surface area contributed by atoms with Gasteiger partial charge in [-0.25, -0.2) is 0 Å². The number of nitrogens with zero attached hydrogens (tertiary/aromatic N) is 1. The molecule has 1 heterocycles. The normalized spacial score (nSPS) is 13.2. The molecule has 0 atom stereocenters. The zero-order valence-electron chi connectivity index (χ0n) is 15.1. The Morgan fingerprint density at radius 1 is 1.16 bits per heavy atom. The Kier molecular flexibility index (Phi) is 5.63. The lowest BCUT2D eigenvalue weighted by Crippen LogP contribution is -2.30. The molecule has 4 nitrogen and oxygen atoms in total. The minimum atomic E-state index is 0.136. The number of methoxy groups -OCH3 is 2. The summed E-state index contributed by atoms with van der Waals surface area (Å²) in [6.45, 7) is 3.27. The number of thiophene rings is 1. The first-order valence-corrected chi connectivity index (χ1v) is 9.65. The zero-order chi connectivity index (χ0) is 17.8. The quantitative estimate of drug-likeness (QED) is 0.772. The average molecular weight is 359 g/mol.